The molecule has 84 valence electrons. The number of aryl methyl sites for hydroxylation is 1. The molecule has 16 heavy (non-hydrogen) atoms. The van der Waals surface area contributed by atoms with Crippen LogP contribution >= 0.6 is 0 Å². The second-order valence-electron chi connectivity index (χ2n) is 3.99. The maximum atomic E-state index is 10.8. The third-order valence-corrected chi connectivity index (χ3v) is 2.72. The number of rotatable bonds is 1. The Bertz CT molecular complexity index is 424. The Morgan fingerprint density at radius 2 is 2.00 bits per heavy atom. The highest BCUT2D eigenvalue weighted by molar-refractivity contribution is 6.02. The van der Waals surface area contributed by atoms with E-state index in [1.165, 1.54) is 12.5 Å². The molecule has 0 amide bonds. The summed E-state index contributed by atoms with van der Waals surface area (Å²) in [5.74, 6) is -0.366. The van der Waals surface area contributed by atoms with Crippen molar-refractivity contribution in [2.75, 3.05) is 0 Å². The van der Waals surface area contributed by atoms with E-state index >= 15 is 0 Å². The summed E-state index contributed by atoms with van der Waals surface area (Å²) in [5, 5.41) is 3.95. The lowest BCUT2D eigenvalue weighted by atomic mass is 10.0. The molecule has 1 aliphatic carbocycles. The molecule has 2 rings (SSSR count). The summed E-state index contributed by atoms with van der Waals surface area (Å²) in [7, 11) is 0. The van der Waals surface area contributed by atoms with E-state index in [2.05, 4.69) is 11.2 Å². The normalized spacial score (nSPS) is 17.7. The van der Waals surface area contributed by atoms with Crippen LogP contribution < -0.4 is 0 Å². The molecule has 1 aromatic rings. The first-order chi connectivity index (χ1) is 7.77. The first-order valence-electron chi connectivity index (χ1n) is 5.60. The average molecular weight is 217 g/mol. The molecule has 0 unspecified atom stereocenters. The first kappa shape index (κ1) is 10.9. The van der Waals surface area contributed by atoms with E-state index in [1.54, 1.807) is 0 Å². The van der Waals surface area contributed by atoms with Gasteiger partial charge < -0.3 is 4.84 Å². The molecule has 0 heterocycles. The number of oxime groups is 1. The molecule has 0 saturated heterocycles. The Labute approximate surface area is 95.1 Å². The van der Waals surface area contributed by atoms with Crippen molar-refractivity contribution in [3.63, 3.8) is 0 Å². The van der Waals surface area contributed by atoms with Crippen LogP contribution in [0.4, 0.5) is 0 Å². The highest BCUT2D eigenvalue weighted by atomic mass is 16.7. The van der Waals surface area contributed by atoms with Gasteiger partial charge in [0, 0.05) is 12.5 Å². The molecule has 0 N–H and O–H groups in total. The highest BCUT2D eigenvalue weighted by Gasteiger charge is 2.13. The smallest absolute Gasteiger partial charge is 0.318 e. The predicted octanol–water partition coefficient (Wildman–Crippen LogP) is 2.68. The van der Waals surface area contributed by atoms with Gasteiger partial charge in [-0.25, -0.2) is 4.79 Å². The molecule has 0 bridgehead atoms. The molecule has 0 aromatic heterocycles. The molecule has 0 spiro atoms. The van der Waals surface area contributed by atoms with Gasteiger partial charge in [0.15, 0.2) is 0 Å². The fourth-order valence-corrected chi connectivity index (χ4v) is 1.98. The minimum absolute atomic E-state index is 0.366. The predicted molar refractivity (Wildman–Crippen MR) is 62.3 cm³/mol. The molecule has 0 saturated carbocycles. The van der Waals surface area contributed by atoms with Crippen LogP contribution in [0.25, 0.3) is 0 Å². The summed E-state index contributed by atoms with van der Waals surface area (Å²) < 4.78 is 0. The van der Waals surface area contributed by atoms with Crippen molar-refractivity contribution in [1.82, 2.24) is 0 Å². The van der Waals surface area contributed by atoms with Gasteiger partial charge in [-0.1, -0.05) is 29.4 Å². The van der Waals surface area contributed by atoms with Crippen molar-refractivity contribution in [1.29, 1.82) is 0 Å². The van der Waals surface area contributed by atoms with Crippen LogP contribution in [0.2, 0.25) is 0 Å². The number of benzene rings is 1. The van der Waals surface area contributed by atoms with E-state index in [1.807, 2.05) is 18.2 Å². The van der Waals surface area contributed by atoms with Crippen LogP contribution in [-0.4, -0.2) is 11.7 Å². The number of nitrogens with zero attached hydrogens (tertiary/aromatic N) is 1. The van der Waals surface area contributed by atoms with E-state index in [4.69, 9.17) is 4.84 Å². The number of hydrogen-bond donors (Lipinski definition) is 0. The molecule has 1 aromatic carbocycles. The van der Waals surface area contributed by atoms with Crippen molar-refractivity contribution in [3.8, 4) is 0 Å². The molecule has 3 nitrogen and oxygen atoms in total. The van der Waals surface area contributed by atoms with E-state index in [0.717, 1.165) is 37.0 Å². The van der Waals surface area contributed by atoms with Crippen molar-refractivity contribution < 1.29 is 9.63 Å². The third-order valence-electron chi connectivity index (χ3n) is 2.72. The fourth-order valence-electron chi connectivity index (χ4n) is 1.98. The number of carbonyl (C=O) groups is 1. The van der Waals surface area contributed by atoms with Gasteiger partial charge in [-0.3, -0.25) is 0 Å². The maximum absolute atomic E-state index is 10.8. The molecular formula is C13H15NO2. The summed E-state index contributed by atoms with van der Waals surface area (Å²) in [5.41, 5.74) is 3.32. The summed E-state index contributed by atoms with van der Waals surface area (Å²) in [6.07, 6.45) is 4.21. The molecule has 0 radical (unpaired) electrons. The number of fused-ring (bicyclic) bond motifs is 1. The third kappa shape index (κ3) is 2.48. The SMILES string of the molecule is CC(=O)ON=C1CCCCc2ccccc21. The Hall–Kier alpha value is -1.64. The molecule has 0 fully saturated rings. The average Bonchev–Trinajstić information content (AvgIpc) is 2.48. The molecular weight excluding hydrogens is 202 g/mol. The molecule has 0 aliphatic heterocycles. The van der Waals surface area contributed by atoms with Crippen LogP contribution in [0.15, 0.2) is 29.4 Å². The second-order valence-corrected chi connectivity index (χ2v) is 3.99. The van der Waals surface area contributed by atoms with Crippen molar-refractivity contribution in [2.45, 2.75) is 32.6 Å². The van der Waals surface area contributed by atoms with Crippen LogP contribution in [0.1, 0.15) is 37.3 Å². The first-order valence-corrected chi connectivity index (χ1v) is 5.60. The Kier molecular flexibility index (Phi) is 3.34. The van der Waals surface area contributed by atoms with E-state index in [0.29, 0.717) is 0 Å². The molecule has 0 atom stereocenters. The van der Waals surface area contributed by atoms with Gasteiger partial charge in [-0.05, 0) is 31.2 Å². The number of carbonyl (C=O) groups excluding carboxylic acids is 1. The quantitative estimate of drug-likeness (QED) is 0.412. The van der Waals surface area contributed by atoms with Crippen LogP contribution in [0, 0.1) is 0 Å². The topological polar surface area (TPSA) is 38.7 Å². The van der Waals surface area contributed by atoms with Crippen LogP contribution in [0.5, 0.6) is 0 Å². The minimum atomic E-state index is -0.366. The lowest BCUT2D eigenvalue weighted by Gasteiger charge is -2.06. The largest absolute Gasteiger partial charge is 0.331 e. The van der Waals surface area contributed by atoms with Gasteiger partial charge in [0.25, 0.3) is 0 Å². The van der Waals surface area contributed by atoms with E-state index in [-0.39, 0.29) is 5.97 Å². The van der Waals surface area contributed by atoms with Gasteiger partial charge in [-0.15, -0.1) is 0 Å². The van der Waals surface area contributed by atoms with Gasteiger partial charge in [0.05, 0.1) is 5.71 Å². The van der Waals surface area contributed by atoms with Crippen molar-refractivity contribution >= 4 is 11.7 Å². The summed E-state index contributed by atoms with van der Waals surface area (Å²) in [6.45, 7) is 1.37. The van der Waals surface area contributed by atoms with Crippen LogP contribution in [0.3, 0.4) is 0 Å². The Morgan fingerprint density at radius 1 is 1.25 bits per heavy atom. The lowest BCUT2D eigenvalue weighted by Crippen LogP contribution is -2.04. The van der Waals surface area contributed by atoms with Gasteiger partial charge in [-0.2, -0.15) is 0 Å². The highest BCUT2D eigenvalue weighted by Crippen LogP contribution is 2.21. The van der Waals surface area contributed by atoms with Crippen molar-refractivity contribution in [3.05, 3.63) is 35.4 Å². The fraction of sp³-hybridized carbons (Fsp3) is 0.385. The van der Waals surface area contributed by atoms with Gasteiger partial charge in [0.2, 0.25) is 0 Å². The van der Waals surface area contributed by atoms with Gasteiger partial charge in [0.1, 0.15) is 0 Å². The zero-order valence-electron chi connectivity index (χ0n) is 9.40. The Balaban J connectivity index is 2.32. The van der Waals surface area contributed by atoms with Crippen LogP contribution in [-0.2, 0) is 16.1 Å². The lowest BCUT2D eigenvalue weighted by molar-refractivity contribution is -0.140. The summed E-state index contributed by atoms with van der Waals surface area (Å²) >= 11 is 0. The monoisotopic (exact) mass is 217 g/mol. The molecule has 3 heteroatoms. The summed E-state index contributed by atoms with van der Waals surface area (Å²) in [4.78, 5) is 15.5. The van der Waals surface area contributed by atoms with E-state index in [9.17, 15) is 4.79 Å². The zero-order valence-corrected chi connectivity index (χ0v) is 9.40. The van der Waals surface area contributed by atoms with Crippen molar-refractivity contribution in [2.24, 2.45) is 5.16 Å². The minimum Gasteiger partial charge on any atom is -0.318 e. The standard InChI is InChI=1S/C13H15NO2/c1-10(15)16-14-13-9-5-3-7-11-6-2-4-8-12(11)13/h2,4,6,8H,3,5,7,9H2,1H3. The maximum Gasteiger partial charge on any atom is 0.331 e. The van der Waals surface area contributed by atoms with E-state index < -0.39 is 0 Å². The zero-order chi connectivity index (χ0) is 11.4. The summed E-state index contributed by atoms with van der Waals surface area (Å²) in [6, 6.07) is 8.19. The second kappa shape index (κ2) is 4.92. The number of hydrogen-bond acceptors (Lipinski definition) is 3. The van der Waals surface area contributed by atoms with Gasteiger partial charge >= 0.3 is 5.97 Å². The Morgan fingerprint density at radius 3 is 2.81 bits per heavy atom. The molecule has 1 aliphatic rings.